The van der Waals surface area contributed by atoms with E-state index in [0.29, 0.717) is 5.56 Å². The number of anilines is 1. The molecule has 0 aromatic carbocycles. The molecule has 0 amide bonds. The van der Waals surface area contributed by atoms with Crippen molar-refractivity contribution in [3.8, 4) is 0 Å². The summed E-state index contributed by atoms with van der Waals surface area (Å²) in [5, 5.41) is 24.3. The monoisotopic (exact) mass is 330 g/mol. The standard InChI is InChI=1S/C16H22N6O2/c1-3-22-16-13(9-20-22)14(21-11-4-6-23-7-5-11)12(8-19-16)15(18)24-10(2)17/h8-9,11,17-18H,3-7H2,1-2H3,(H,19,21). The Labute approximate surface area is 140 Å². The quantitative estimate of drug-likeness (QED) is 0.589. The van der Waals surface area contributed by atoms with Crippen LogP contribution in [0.5, 0.6) is 0 Å². The summed E-state index contributed by atoms with van der Waals surface area (Å²) in [6, 6.07) is 0.266. The number of rotatable bonds is 4. The van der Waals surface area contributed by atoms with E-state index in [4.69, 9.17) is 20.3 Å². The smallest absolute Gasteiger partial charge is 0.224 e. The SMILES string of the molecule is CCn1ncc2c(NC3CCOCC3)c(C(=N)OC(C)=N)cnc21. The molecular weight excluding hydrogens is 308 g/mol. The molecule has 0 atom stereocenters. The van der Waals surface area contributed by atoms with Crippen LogP contribution in [-0.2, 0) is 16.0 Å². The van der Waals surface area contributed by atoms with Crippen LogP contribution in [0.4, 0.5) is 5.69 Å². The van der Waals surface area contributed by atoms with Crippen molar-refractivity contribution in [2.75, 3.05) is 18.5 Å². The normalized spacial score (nSPS) is 15.4. The molecule has 1 aliphatic heterocycles. The first-order chi connectivity index (χ1) is 11.6. The Balaban J connectivity index is 2.03. The third-order valence-electron chi connectivity index (χ3n) is 4.04. The average molecular weight is 330 g/mol. The highest BCUT2D eigenvalue weighted by molar-refractivity contribution is 6.08. The van der Waals surface area contributed by atoms with Crippen LogP contribution in [0.25, 0.3) is 11.0 Å². The number of fused-ring (bicyclic) bond motifs is 1. The Kier molecular flexibility index (Phi) is 4.75. The molecule has 0 radical (unpaired) electrons. The van der Waals surface area contributed by atoms with Gasteiger partial charge in [-0.1, -0.05) is 0 Å². The first-order valence-electron chi connectivity index (χ1n) is 8.11. The molecule has 128 valence electrons. The predicted molar refractivity (Wildman–Crippen MR) is 92.0 cm³/mol. The molecule has 0 unspecified atom stereocenters. The molecule has 3 N–H and O–H groups in total. The number of pyridine rings is 1. The molecule has 3 heterocycles. The molecule has 3 rings (SSSR count). The van der Waals surface area contributed by atoms with Crippen LogP contribution in [0.3, 0.4) is 0 Å². The van der Waals surface area contributed by atoms with Crippen molar-refractivity contribution in [1.29, 1.82) is 10.8 Å². The zero-order chi connectivity index (χ0) is 17.1. The second-order valence-corrected chi connectivity index (χ2v) is 5.76. The van der Waals surface area contributed by atoms with Crippen molar-refractivity contribution < 1.29 is 9.47 Å². The number of aryl methyl sites for hydroxylation is 1. The molecule has 2 aromatic heterocycles. The maximum absolute atomic E-state index is 8.15. The zero-order valence-electron chi connectivity index (χ0n) is 13.9. The molecule has 1 aliphatic rings. The lowest BCUT2D eigenvalue weighted by atomic mass is 10.1. The summed E-state index contributed by atoms with van der Waals surface area (Å²) in [7, 11) is 0. The first kappa shape index (κ1) is 16.4. The molecule has 0 spiro atoms. The van der Waals surface area contributed by atoms with Gasteiger partial charge in [0.05, 0.1) is 22.8 Å². The summed E-state index contributed by atoms with van der Waals surface area (Å²) in [4.78, 5) is 4.44. The van der Waals surface area contributed by atoms with Crippen molar-refractivity contribution in [1.82, 2.24) is 14.8 Å². The highest BCUT2D eigenvalue weighted by Crippen LogP contribution is 2.28. The van der Waals surface area contributed by atoms with E-state index in [2.05, 4.69) is 15.4 Å². The predicted octanol–water partition coefficient (Wildman–Crippen LogP) is 2.38. The van der Waals surface area contributed by atoms with Crippen molar-refractivity contribution in [3.63, 3.8) is 0 Å². The molecular formula is C16H22N6O2. The molecule has 24 heavy (non-hydrogen) atoms. The lowest BCUT2D eigenvalue weighted by Crippen LogP contribution is -2.29. The van der Waals surface area contributed by atoms with E-state index in [1.54, 1.807) is 12.4 Å². The molecule has 1 fully saturated rings. The van der Waals surface area contributed by atoms with Crippen LogP contribution in [-0.4, -0.2) is 45.8 Å². The van der Waals surface area contributed by atoms with Crippen LogP contribution in [0.2, 0.25) is 0 Å². The van der Waals surface area contributed by atoms with E-state index in [-0.39, 0.29) is 17.8 Å². The zero-order valence-corrected chi connectivity index (χ0v) is 13.9. The molecule has 0 bridgehead atoms. The fourth-order valence-electron chi connectivity index (χ4n) is 2.84. The summed E-state index contributed by atoms with van der Waals surface area (Å²) < 4.78 is 12.4. The molecule has 8 nitrogen and oxygen atoms in total. The summed E-state index contributed by atoms with van der Waals surface area (Å²) in [5.74, 6) is -0.114. The Morgan fingerprint density at radius 1 is 1.38 bits per heavy atom. The number of aromatic nitrogens is 3. The highest BCUT2D eigenvalue weighted by Gasteiger charge is 2.21. The second-order valence-electron chi connectivity index (χ2n) is 5.76. The van der Waals surface area contributed by atoms with Crippen molar-refractivity contribution in [3.05, 3.63) is 18.0 Å². The number of ether oxygens (including phenoxy) is 2. The van der Waals surface area contributed by atoms with Gasteiger partial charge in [-0.15, -0.1) is 0 Å². The molecule has 1 saturated heterocycles. The van der Waals surface area contributed by atoms with Gasteiger partial charge >= 0.3 is 0 Å². The second kappa shape index (κ2) is 6.96. The molecule has 0 aliphatic carbocycles. The number of hydrogen-bond acceptors (Lipinski definition) is 7. The third-order valence-corrected chi connectivity index (χ3v) is 4.04. The van der Waals surface area contributed by atoms with Crippen molar-refractivity contribution in [2.24, 2.45) is 0 Å². The Hall–Kier alpha value is -2.48. The Morgan fingerprint density at radius 2 is 2.12 bits per heavy atom. The summed E-state index contributed by atoms with van der Waals surface area (Å²) >= 11 is 0. The van der Waals surface area contributed by atoms with Gasteiger partial charge in [0.2, 0.25) is 5.90 Å². The van der Waals surface area contributed by atoms with Crippen LogP contribution in [0.15, 0.2) is 12.4 Å². The lowest BCUT2D eigenvalue weighted by Gasteiger charge is -2.25. The van der Waals surface area contributed by atoms with Crippen LogP contribution in [0.1, 0.15) is 32.3 Å². The van der Waals surface area contributed by atoms with Gasteiger partial charge in [-0.2, -0.15) is 5.10 Å². The van der Waals surface area contributed by atoms with Gasteiger partial charge in [0, 0.05) is 38.9 Å². The Morgan fingerprint density at radius 3 is 2.79 bits per heavy atom. The Bertz CT molecular complexity index is 763. The average Bonchev–Trinajstić information content (AvgIpc) is 2.99. The maximum atomic E-state index is 8.15. The number of hydrogen-bond donors (Lipinski definition) is 3. The van der Waals surface area contributed by atoms with E-state index in [0.717, 1.165) is 49.3 Å². The lowest BCUT2D eigenvalue weighted by molar-refractivity contribution is 0.0905. The van der Waals surface area contributed by atoms with Crippen LogP contribution in [0, 0.1) is 10.8 Å². The molecule has 2 aromatic rings. The minimum absolute atomic E-state index is 0.0265. The third kappa shape index (κ3) is 3.23. The highest BCUT2D eigenvalue weighted by atomic mass is 16.5. The fraction of sp³-hybridized carbons (Fsp3) is 0.500. The minimum atomic E-state index is -0.0873. The van der Waals surface area contributed by atoms with Crippen LogP contribution >= 0.6 is 0 Å². The number of nitrogens with one attached hydrogen (secondary N) is 3. The van der Waals surface area contributed by atoms with Gasteiger partial charge in [0.25, 0.3) is 0 Å². The number of nitrogens with zero attached hydrogens (tertiary/aromatic N) is 3. The molecule has 8 heteroatoms. The topological polar surface area (TPSA) is 109 Å². The van der Waals surface area contributed by atoms with Gasteiger partial charge in [0.1, 0.15) is 0 Å². The van der Waals surface area contributed by atoms with E-state index in [1.807, 2.05) is 11.6 Å². The maximum Gasteiger partial charge on any atom is 0.224 e. The van der Waals surface area contributed by atoms with E-state index < -0.39 is 0 Å². The van der Waals surface area contributed by atoms with Gasteiger partial charge in [-0.05, 0) is 19.8 Å². The van der Waals surface area contributed by atoms with Crippen molar-refractivity contribution >= 4 is 28.5 Å². The first-order valence-corrected chi connectivity index (χ1v) is 8.11. The summed E-state index contributed by atoms with van der Waals surface area (Å²) in [6.45, 7) is 5.68. The summed E-state index contributed by atoms with van der Waals surface area (Å²) in [5.41, 5.74) is 2.10. The van der Waals surface area contributed by atoms with Crippen LogP contribution < -0.4 is 5.32 Å². The molecule has 0 saturated carbocycles. The van der Waals surface area contributed by atoms with Gasteiger partial charge in [0.15, 0.2) is 11.5 Å². The van der Waals surface area contributed by atoms with E-state index in [9.17, 15) is 0 Å². The van der Waals surface area contributed by atoms with Gasteiger partial charge in [-0.25, -0.2) is 9.67 Å². The van der Waals surface area contributed by atoms with Gasteiger partial charge in [-0.3, -0.25) is 10.8 Å². The minimum Gasteiger partial charge on any atom is -0.425 e. The van der Waals surface area contributed by atoms with Gasteiger partial charge < -0.3 is 14.8 Å². The fourth-order valence-corrected chi connectivity index (χ4v) is 2.84. The summed E-state index contributed by atoms with van der Waals surface area (Å²) in [6.07, 6.45) is 5.19. The van der Waals surface area contributed by atoms with E-state index >= 15 is 0 Å². The van der Waals surface area contributed by atoms with Crippen molar-refractivity contribution in [2.45, 2.75) is 39.3 Å². The largest absolute Gasteiger partial charge is 0.425 e. The van der Waals surface area contributed by atoms with E-state index in [1.165, 1.54) is 6.92 Å².